The molecule has 0 unspecified atom stereocenters. The zero-order valence-corrected chi connectivity index (χ0v) is 34.4. The van der Waals surface area contributed by atoms with Crippen molar-refractivity contribution in [3.63, 3.8) is 0 Å². The molecule has 0 saturated heterocycles. The van der Waals surface area contributed by atoms with Gasteiger partial charge in [0.1, 0.15) is 0 Å². The van der Waals surface area contributed by atoms with E-state index in [2.05, 4.69) is 231 Å². The van der Waals surface area contributed by atoms with E-state index in [1.165, 1.54) is 93.9 Å². The lowest BCUT2D eigenvalue weighted by Crippen LogP contribution is -2.18. The van der Waals surface area contributed by atoms with Gasteiger partial charge in [-0.2, -0.15) is 0 Å². The fraction of sp³-hybridized carbons (Fsp3) is 0.103. The van der Waals surface area contributed by atoms with Crippen molar-refractivity contribution in [3.05, 3.63) is 216 Å². The van der Waals surface area contributed by atoms with Gasteiger partial charge in [-0.25, -0.2) is 0 Å². The standard InChI is InChI=1S/C58H44N2/c1-57(2)49-26-12-8-23-46(49)56-50(57)27-16-30-55(56)60(39-31-33-43-42-20-7-11-25-48(42)58(3,4)51(43)36-39)54-34-32-38(35-47(54)41-24-15-18-37-17-5-6-19-40(37)41)59-52-28-13-9-21-44(52)45-22-10-14-29-53(45)59/h5-36H,1-4H3. The Morgan fingerprint density at radius 3 is 1.68 bits per heavy atom. The number of rotatable bonds is 5. The van der Waals surface area contributed by atoms with E-state index >= 15 is 0 Å². The number of hydrogen-bond donors (Lipinski definition) is 0. The molecule has 1 heterocycles. The first-order chi connectivity index (χ1) is 29.3. The van der Waals surface area contributed by atoms with Gasteiger partial charge in [-0.3, -0.25) is 0 Å². The van der Waals surface area contributed by atoms with Crippen molar-refractivity contribution in [1.82, 2.24) is 4.57 Å². The van der Waals surface area contributed by atoms with Gasteiger partial charge < -0.3 is 9.47 Å². The molecule has 12 rings (SSSR count). The summed E-state index contributed by atoms with van der Waals surface area (Å²) in [6, 6.07) is 72.5. The van der Waals surface area contributed by atoms with Crippen LogP contribution < -0.4 is 4.90 Å². The second-order valence-electron chi connectivity index (χ2n) is 17.7. The summed E-state index contributed by atoms with van der Waals surface area (Å²) in [5.41, 5.74) is 19.8. The molecule has 0 fully saturated rings. The second-order valence-corrected chi connectivity index (χ2v) is 17.7. The Kier molecular flexibility index (Phi) is 7.36. The topological polar surface area (TPSA) is 8.17 Å². The molecular weight excluding hydrogens is 725 g/mol. The Bertz CT molecular complexity index is 3340. The minimum Gasteiger partial charge on any atom is -0.309 e. The number of nitrogens with zero attached hydrogens (tertiary/aromatic N) is 2. The predicted octanol–water partition coefficient (Wildman–Crippen LogP) is 15.7. The van der Waals surface area contributed by atoms with Crippen molar-refractivity contribution >= 4 is 49.6 Å². The van der Waals surface area contributed by atoms with Crippen LogP contribution in [0.4, 0.5) is 17.1 Å². The second kappa shape index (κ2) is 12.7. The van der Waals surface area contributed by atoms with Crippen molar-refractivity contribution in [1.29, 1.82) is 0 Å². The molecule has 0 radical (unpaired) electrons. The number of para-hydroxylation sites is 2. The summed E-state index contributed by atoms with van der Waals surface area (Å²) < 4.78 is 2.45. The third-order valence-corrected chi connectivity index (χ3v) is 13.8. The van der Waals surface area contributed by atoms with Gasteiger partial charge >= 0.3 is 0 Å². The lowest BCUT2D eigenvalue weighted by molar-refractivity contribution is 0.660. The van der Waals surface area contributed by atoms with Crippen molar-refractivity contribution in [2.24, 2.45) is 0 Å². The Morgan fingerprint density at radius 1 is 0.367 bits per heavy atom. The summed E-state index contributed by atoms with van der Waals surface area (Å²) in [5.74, 6) is 0. The number of hydrogen-bond acceptors (Lipinski definition) is 1. The van der Waals surface area contributed by atoms with Crippen LogP contribution in [0.2, 0.25) is 0 Å². The molecular formula is C58H44N2. The summed E-state index contributed by atoms with van der Waals surface area (Å²) in [7, 11) is 0. The molecule has 9 aromatic carbocycles. The molecule has 10 aromatic rings. The number of aromatic nitrogens is 1. The van der Waals surface area contributed by atoms with Gasteiger partial charge in [-0.05, 0) is 104 Å². The SMILES string of the molecule is CC1(C)c2ccccc2-c2ccc(N(c3ccc(-n4c5ccccc5c5ccccc54)cc3-c3cccc4ccccc34)c3cccc4c3-c3ccccc3C4(C)C)cc21. The molecule has 0 spiro atoms. The number of fused-ring (bicyclic) bond motifs is 10. The zero-order chi connectivity index (χ0) is 40.3. The van der Waals surface area contributed by atoms with E-state index in [4.69, 9.17) is 0 Å². The maximum absolute atomic E-state index is 2.57. The van der Waals surface area contributed by atoms with E-state index in [9.17, 15) is 0 Å². The van der Waals surface area contributed by atoms with Crippen molar-refractivity contribution in [3.8, 4) is 39.1 Å². The van der Waals surface area contributed by atoms with E-state index in [0.29, 0.717) is 0 Å². The highest BCUT2D eigenvalue weighted by atomic mass is 15.2. The number of benzene rings is 9. The molecule has 0 bridgehead atoms. The third kappa shape index (κ3) is 4.82. The maximum atomic E-state index is 2.57. The van der Waals surface area contributed by atoms with Crippen LogP contribution in [0.1, 0.15) is 49.9 Å². The molecule has 2 nitrogen and oxygen atoms in total. The molecule has 0 amide bonds. The van der Waals surface area contributed by atoms with Crippen LogP contribution in [-0.4, -0.2) is 4.57 Å². The molecule has 2 aliphatic rings. The van der Waals surface area contributed by atoms with E-state index in [1.54, 1.807) is 0 Å². The van der Waals surface area contributed by atoms with E-state index in [0.717, 1.165) is 17.1 Å². The van der Waals surface area contributed by atoms with Gasteiger partial charge in [0.15, 0.2) is 0 Å². The molecule has 2 aliphatic carbocycles. The Labute approximate surface area is 351 Å². The van der Waals surface area contributed by atoms with E-state index < -0.39 is 0 Å². The van der Waals surface area contributed by atoms with Crippen LogP contribution in [0.15, 0.2) is 194 Å². The Balaban J connectivity index is 1.19. The molecule has 1 aromatic heterocycles. The normalized spacial score (nSPS) is 14.3. The summed E-state index contributed by atoms with van der Waals surface area (Å²) >= 11 is 0. The van der Waals surface area contributed by atoms with Gasteiger partial charge in [-0.15, -0.1) is 0 Å². The molecule has 2 heteroatoms. The molecule has 286 valence electrons. The van der Waals surface area contributed by atoms with Crippen molar-refractivity contribution in [2.75, 3.05) is 4.90 Å². The quantitative estimate of drug-likeness (QED) is 0.169. The molecule has 0 N–H and O–H groups in total. The van der Waals surface area contributed by atoms with Gasteiger partial charge in [0, 0.05) is 44.1 Å². The average Bonchev–Trinajstić information content (AvgIpc) is 3.84. The summed E-state index contributed by atoms with van der Waals surface area (Å²) in [5, 5.41) is 4.97. The highest BCUT2D eigenvalue weighted by Crippen LogP contribution is 2.57. The van der Waals surface area contributed by atoms with Gasteiger partial charge in [0.2, 0.25) is 0 Å². The van der Waals surface area contributed by atoms with Crippen LogP contribution >= 0.6 is 0 Å². The summed E-state index contributed by atoms with van der Waals surface area (Å²) in [4.78, 5) is 2.57. The van der Waals surface area contributed by atoms with Crippen molar-refractivity contribution in [2.45, 2.75) is 38.5 Å². The van der Waals surface area contributed by atoms with Crippen LogP contribution in [-0.2, 0) is 10.8 Å². The first kappa shape index (κ1) is 34.8. The lowest BCUT2D eigenvalue weighted by Gasteiger charge is -2.32. The van der Waals surface area contributed by atoms with Crippen LogP contribution in [0.3, 0.4) is 0 Å². The first-order valence-electron chi connectivity index (χ1n) is 21.2. The summed E-state index contributed by atoms with van der Waals surface area (Å²) in [6.07, 6.45) is 0. The highest BCUT2D eigenvalue weighted by molar-refractivity contribution is 6.10. The molecule has 0 aliphatic heterocycles. The fourth-order valence-corrected chi connectivity index (χ4v) is 10.9. The highest BCUT2D eigenvalue weighted by Gasteiger charge is 2.39. The minimum atomic E-state index is -0.153. The Hall–Kier alpha value is -7.16. The van der Waals surface area contributed by atoms with E-state index in [-0.39, 0.29) is 10.8 Å². The van der Waals surface area contributed by atoms with E-state index in [1.807, 2.05) is 0 Å². The monoisotopic (exact) mass is 768 g/mol. The van der Waals surface area contributed by atoms with Gasteiger partial charge in [-0.1, -0.05) is 173 Å². The third-order valence-electron chi connectivity index (χ3n) is 13.8. The summed E-state index contributed by atoms with van der Waals surface area (Å²) in [6.45, 7) is 9.52. The minimum absolute atomic E-state index is 0.145. The molecule has 60 heavy (non-hydrogen) atoms. The van der Waals surface area contributed by atoms with Crippen LogP contribution in [0, 0.1) is 0 Å². The van der Waals surface area contributed by atoms with Crippen LogP contribution in [0.5, 0.6) is 0 Å². The predicted molar refractivity (Wildman–Crippen MR) is 254 cm³/mol. The Morgan fingerprint density at radius 2 is 0.917 bits per heavy atom. The van der Waals surface area contributed by atoms with Gasteiger partial charge in [0.05, 0.1) is 22.4 Å². The fourth-order valence-electron chi connectivity index (χ4n) is 10.9. The average molecular weight is 769 g/mol. The van der Waals surface area contributed by atoms with Gasteiger partial charge in [0.25, 0.3) is 0 Å². The first-order valence-corrected chi connectivity index (χ1v) is 21.2. The van der Waals surface area contributed by atoms with Crippen LogP contribution in [0.25, 0.3) is 71.6 Å². The molecule has 0 saturated carbocycles. The zero-order valence-electron chi connectivity index (χ0n) is 34.4. The lowest BCUT2D eigenvalue weighted by atomic mass is 9.82. The maximum Gasteiger partial charge on any atom is 0.0543 e. The van der Waals surface area contributed by atoms with Crippen molar-refractivity contribution < 1.29 is 0 Å². The smallest absolute Gasteiger partial charge is 0.0543 e. The molecule has 0 atom stereocenters. The number of anilines is 3. The largest absolute Gasteiger partial charge is 0.309 e.